The number of rotatable bonds is 3. The van der Waals surface area contributed by atoms with Gasteiger partial charge in [0, 0.05) is 13.0 Å². The molecule has 0 saturated carbocycles. The molecule has 0 unspecified atom stereocenters. The molecule has 1 aliphatic rings. The van der Waals surface area contributed by atoms with E-state index in [-0.39, 0.29) is 11.2 Å². The molecule has 2 heterocycles. The zero-order valence-corrected chi connectivity index (χ0v) is 9.77. The van der Waals surface area contributed by atoms with E-state index >= 15 is 0 Å². The van der Waals surface area contributed by atoms with E-state index in [4.69, 9.17) is 9.15 Å². The molecule has 0 atom stereocenters. The van der Waals surface area contributed by atoms with Gasteiger partial charge in [0.25, 0.3) is 0 Å². The van der Waals surface area contributed by atoms with Crippen LogP contribution in [-0.4, -0.2) is 24.0 Å². The second-order valence-corrected chi connectivity index (χ2v) is 4.15. The molecule has 0 amide bonds. The molecule has 5 nitrogen and oxygen atoms in total. The van der Waals surface area contributed by atoms with Crippen molar-refractivity contribution in [2.24, 2.45) is 0 Å². The lowest BCUT2D eigenvalue weighted by atomic mass is 10.3. The maximum atomic E-state index is 11.6. The summed E-state index contributed by atoms with van der Waals surface area (Å²) in [6.07, 6.45) is 3.58. The van der Waals surface area contributed by atoms with E-state index in [0.29, 0.717) is 12.3 Å². The number of carbonyl (C=O) groups excluding carboxylic acids is 1. The van der Waals surface area contributed by atoms with E-state index in [2.05, 4.69) is 4.90 Å². The van der Waals surface area contributed by atoms with Crippen molar-refractivity contribution in [1.29, 1.82) is 0 Å². The molecule has 1 aliphatic heterocycles. The van der Waals surface area contributed by atoms with E-state index < -0.39 is 5.97 Å². The second kappa shape index (κ2) is 5.14. The van der Waals surface area contributed by atoms with Crippen LogP contribution in [0.1, 0.15) is 25.5 Å². The summed E-state index contributed by atoms with van der Waals surface area (Å²) in [7, 11) is 0. The Labute approximate surface area is 99.0 Å². The third-order valence-electron chi connectivity index (χ3n) is 2.68. The molecular formula is C12H15NO4. The summed E-state index contributed by atoms with van der Waals surface area (Å²) < 4.78 is 9.99. The molecule has 92 valence electrons. The van der Waals surface area contributed by atoms with Gasteiger partial charge in [-0.15, -0.1) is 0 Å². The SMILES string of the molecule is CC(=O)Oc1coc(CN2CCCC2)cc1=O. The first-order valence-electron chi connectivity index (χ1n) is 5.67. The molecule has 1 saturated heterocycles. The Morgan fingerprint density at radius 1 is 1.47 bits per heavy atom. The number of esters is 1. The minimum atomic E-state index is -0.524. The first-order valence-corrected chi connectivity index (χ1v) is 5.67. The Morgan fingerprint density at radius 3 is 2.76 bits per heavy atom. The highest BCUT2D eigenvalue weighted by atomic mass is 16.5. The predicted molar refractivity (Wildman–Crippen MR) is 60.8 cm³/mol. The van der Waals surface area contributed by atoms with Gasteiger partial charge in [0.1, 0.15) is 12.0 Å². The fourth-order valence-electron chi connectivity index (χ4n) is 1.91. The first-order chi connectivity index (χ1) is 8.15. The fraction of sp³-hybridized carbons (Fsp3) is 0.500. The van der Waals surface area contributed by atoms with E-state index in [1.807, 2.05) is 0 Å². The van der Waals surface area contributed by atoms with Crippen molar-refractivity contribution >= 4 is 5.97 Å². The van der Waals surface area contributed by atoms with Crippen molar-refractivity contribution in [3.8, 4) is 5.75 Å². The average Bonchev–Trinajstić information content (AvgIpc) is 2.74. The van der Waals surface area contributed by atoms with Gasteiger partial charge in [0.2, 0.25) is 11.2 Å². The molecule has 0 aliphatic carbocycles. The van der Waals surface area contributed by atoms with Crippen molar-refractivity contribution < 1.29 is 13.9 Å². The fourth-order valence-corrected chi connectivity index (χ4v) is 1.91. The number of hydrogen-bond donors (Lipinski definition) is 0. The van der Waals surface area contributed by atoms with Gasteiger partial charge in [0.15, 0.2) is 0 Å². The standard InChI is InChI=1S/C12H15NO4/c1-9(14)17-12-8-16-10(6-11(12)15)7-13-4-2-3-5-13/h6,8H,2-5,7H2,1H3. The van der Waals surface area contributed by atoms with Crippen LogP contribution in [-0.2, 0) is 11.3 Å². The van der Waals surface area contributed by atoms with Crippen molar-refractivity contribution in [3.63, 3.8) is 0 Å². The van der Waals surface area contributed by atoms with Gasteiger partial charge in [-0.25, -0.2) is 0 Å². The molecule has 1 fully saturated rings. The van der Waals surface area contributed by atoms with Gasteiger partial charge in [0.05, 0.1) is 6.54 Å². The number of ether oxygens (including phenoxy) is 1. The molecule has 0 spiro atoms. The molecule has 1 aromatic rings. The maximum absolute atomic E-state index is 11.6. The van der Waals surface area contributed by atoms with Gasteiger partial charge in [-0.3, -0.25) is 14.5 Å². The highest BCUT2D eigenvalue weighted by Gasteiger charge is 2.14. The van der Waals surface area contributed by atoms with Crippen LogP contribution in [0.5, 0.6) is 5.75 Å². The van der Waals surface area contributed by atoms with Crippen LogP contribution in [0.4, 0.5) is 0 Å². The lowest BCUT2D eigenvalue weighted by molar-refractivity contribution is -0.132. The molecule has 0 radical (unpaired) electrons. The Bertz CT molecular complexity index is 460. The molecule has 1 aromatic heterocycles. The van der Waals surface area contributed by atoms with Crippen LogP contribution < -0.4 is 10.2 Å². The highest BCUT2D eigenvalue weighted by molar-refractivity contribution is 5.68. The van der Waals surface area contributed by atoms with Crippen LogP contribution in [0, 0.1) is 0 Å². The maximum Gasteiger partial charge on any atom is 0.308 e. The quantitative estimate of drug-likeness (QED) is 0.738. The van der Waals surface area contributed by atoms with E-state index in [0.717, 1.165) is 13.1 Å². The third-order valence-corrected chi connectivity index (χ3v) is 2.68. The monoisotopic (exact) mass is 237 g/mol. The lowest BCUT2D eigenvalue weighted by Gasteiger charge is -2.13. The van der Waals surface area contributed by atoms with Gasteiger partial charge in [-0.1, -0.05) is 0 Å². The minimum absolute atomic E-state index is 0.0531. The molecule has 2 rings (SSSR count). The van der Waals surface area contributed by atoms with Crippen LogP contribution in [0.3, 0.4) is 0 Å². The number of carbonyl (C=O) groups is 1. The largest absolute Gasteiger partial charge is 0.464 e. The van der Waals surface area contributed by atoms with E-state index in [1.165, 1.54) is 32.1 Å². The summed E-state index contributed by atoms with van der Waals surface area (Å²) in [5, 5.41) is 0. The lowest BCUT2D eigenvalue weighted by Crippen LogP contribution is -2.19. The Kier molecular flexibility index (Phi) is 3.58. The smallest absolute Gasteiger partial charge is 0.308 e. The topological polar surface area (TPSA) is 59.8 Å². The van der Waals surface area contributed by atoms with Gasteiger partial charge in [-0.05, 0) is 25.9 Å². The molecule has 0 aromatic carbocycles. The zero-order chi connectivity index (χ0) is 12.3. The van der Waals surface area contributed by atoms with Crippen LogP contribution in [0.15, 0.2) is 21.5 Å². The Hall–Kier alpha value is -1.62. The van der Waals surface area contributed by atoms with Crippen LogP contribution in [0.25, 0.3) is 0 Å². The van der Waals surface area contributed by atoms with E-state index in [9.17, 15) is 9.59 Å². The number of nitrogens with zero attached hydrogens (tertiary/aromatic N) is 1. The van der Waals surface area contributed by atoms with E-state index in [1.54, 1.807) is 0 Å². The van der Waals surface area contributed by atoms with Crippen molar-refractivity contribution in [3.05, 3.63) is 28.3 Å². The zero-order valence-electron chi connectivity index (χ0n) is 9.77. The molecule has 0 N–H and O–H groups in total. The molecule has 5 heteroatoms. The average molecular weight is 237 g/mol. The summed E-state index contributed by atoms with van der Waals surface area (Å²) in [6, 6.07) is 1.39. The minimum Gasteiger partial charge on any atom is -0.464 e. The molecular weight excluding hydrogens is 222 g/mol. The Morgan fingerprint density at radius 2 is 2.18 bits per heavy atom. The summed E-state index contributed by atoms with van der Waals surface area (Å²) in [6.45, 7) is 3.96. The molecule has 0 bridgehead atoms. The van der Waals surface area contributed by atoms with Gasteiger partial charge in [-0.2, -0.15) is 0 Å². The van der Waals surface area contributed by atoms with Gasteiger partial charge >= 0.3 is 5.97 Å². The third kappa shape index (κ3) is 3.17. The first kappa shape index (κ1) is 11.9. The number of likely N-dealkylation sites (tertiary alicyclic amines) is 1. The number of hydrogen-bond acceptors (Lipinski definition) is 5. The Balaban J connectivity index is 2.07. The van der Waals surface area contributed by atoms with Crippen molar-refractivity contribution in [1.82, 2.24) is 4.90 Å². The van der Waals surface area contributed by atoms with Crippen LogP contribution in [0.2, 0.25) is 0 Å². The summed E-state index contributed by atoms with van der Waals surface area (Å²) in [5.74, 6) is 0.0278. The van der Waals surface area contributed by atoms with Crippen molar-refractivity contribution in [2.45, 2.75) is 26.3 Å². The van der Waals surface area contributed by atoms with Crippen LogP contribution >= 0.6 is 0 Å². The summed E-state index contributed by atoms with van der Waals surface area (Å²) >= 11 is 0. The second-order valence-electron chi connectivity index (χ2n) is 4.15. The molecule has 17 heavy (non-hydrogen) atoms. The summed E-state index contributed by atoms with van der Waals surface area (Å²) in [4.78, 5) is 24.5. The van der Waals surface area contributed by atoms with Gasteiger partial charge < -0.3 is 9.15 Å². The van der Waals surface area contributed by atoms with Crippen molar-refractivity contribution in [2.75, 3.05) is 13.1 Å². The summed E-state index contributed by atoms with van der Waals surface area (Å²) in [5.41, 5.74) is -0.319. The predicted octanol–water partition coefficient (Wildman–Crippen LogP) is 1.16. The normalized spacial score (nSPS) is 16.1. The highest BCUT2D eigenvalue weighted by Crippen LogP contribution is 2.13.